The molecular formula is C20H32. The van der Waals surface area contributed by atoms with Crippen molar-refractivity contribution < 1.29 is 0 Å². The van der Waals surface area contributed by atoms with E-state index in [-0.39, 0.29) is 0 Å². The van der Waals surface area contributed by atoms with E-state index < -0.39 is 0 Å². The number of unbranched alkanes of at least 4 members (excludes halogenated alkanes) is 5. The summed E-state index contributed by atoms with van der Waals surface area (Å²) in [4.78, 5) is 0. The van der Waals surface area contributed by atoms with Crippen LogP contribution in [0, 0.1) is 0 Å². The van der Waals surface area contributed by atoms with Gasteiger partial charge in [0.1, 0.15) is 0 Å². The zero-order valence-electron chi connectivity index (χ0n) is 13.3. The van der Waals surface area contributed by atoms with E-state index in [0.717, 1.165) is 6.42 Å². The van der Waals surface area contributed by atoms with E-state index in [9.17, 15) is 0 Å². The largest absolute Gasteiger partial charge is 0.0882 e. The lowest BCUT2D eigenvalue weighted by atomic mass is 10.0. The second-order valence-electron chi connectivity index (χ2n) is 5.68. The lowest BCUT2D eigenvalue weighted by molar-refractivity contribution is 0.637. The van der Waals surface area contributed by atoms with Crippen LogP contribution < -0.4 is 0 Å². The fourth-order valence-electron chi connectivity index (χ4n) is 2.48. The van der Waals surface area contributed by atoms with Crippen LogP contribution in [0.4, 0.5) is 0 Å². The van der Waals surface area contributed by atoms with Gasteiger partial charge in [-0.2, -0.15) is 0 Å². The zero-order chi connectivity index (χ0) is 14.3. The number of allylic oxidation sites excluding steroid dienone is 8. The average Bonchev–Trinajstić information content (AvgIpc) is 2.42. The molecule has 1 rings (SSSR count). The molecule has 0 bridgehead atoms. The molecule has 0 aliphatic heterocycles. The smallest absolute Gasteiger partial charge is 0.0166 e. The molecule has 0 aromatic rings. The summed E-state index contributed by atoms with van der Waals surface area (Å²) >= 11 is 0. The van der Waals surface area contributed by atoms with Gasteiger partial charge in [-0.25, -0.2) is 0 Å². The molecule has 0 aromatic carbocycles. The van der Waals surface area contributed by atoms with Crippen LogP contribution in [-0.2, 0) is 0 Å². The number of hydrogen-bond donors (Lipinski definition) is 0. The monoisotopic (exact) mass is 272 g/mol. The van der Waals surface area contributed by atoms with Gasteiger partial charge in [0.2, 0.25) is 0 Å². The van der Waals surface area contributed by atoms with Crippen LogP contribution in [0.1, 0.15) is 77.6 Å². The highest BCUT2D eigenvalue weighted by atomic mass is 14.0. The maximum Gasteiger partial charge on any atom is -0.0166 e. The third-order valence-electron chi connectivity index (χ3n) is 3.75. The molecular weight excluding hydrogens is 240 g/mol. The Hall–Kier alpha value is -1.04. The Bertz CT molecular complexity index is 328. The summed E-state index contributed by atoms with van der Waals surface area (Å²) in [5, 5.41) is 0. The van der Waals surface area contributed by atoms with Crippen LogP contribution in [0.15, 0.2) is 48.1 Å². The topological polar surface area (TPSA) is 0 Å². The van der Waals surface area contributed by atoms with Crippen LogP contribution in [0.2, 0.25) is 0 Å². The van der Waals surface area contributed by atoms with Crippen molar-refractivity contribution in [3.8, 4) is 0 Å². The molecule has 0 saturated carbocycles. The first kappa shape index (κ1) is 17.0. The van der Waals surface area contributed by atoms with Gasteiger partial charge in [-0.15, -0.1) is 0 Å². The Morgan fingerprint density at radius 2 is 1.75 bits per heavy atom. The summed E-state index contributed by atoms with van der Waals surface area (Å²) in [6.07, 6.45) is 30.4. The molecule has 0 heterocycles. The Kier molecular flexibility index (Phi) is 11.0. The maximum atomic E-state index is 2.40. The van der Waals surface area contributed by atoms with Crippen LogP contribution in [-0.4, -0.2) is 0 Å². The Balaban J connectivity index is 2.05. The van der Waals surface area contributed by atoms with Gasteiger partial charge in [0.05, 0.1) is 0 Å². The van der Waals surface area contributed by atoms with Crippen molar-refractivity contribution in [1.82, 2.24) is 0 Å². The van der Waals surface area contributed by atoms with E-state index in [0.29, 0.717) is 0 Å². The lowest BCUT2D eigenvalue weighted by Gasteiger charge is -2.02. The zero-order valence-corrected chi connectivity index (χ0v) is 13.3. The molecule has 112 valence electrons. The van der Waals surface area contributed by atoms with Crippen LogP contribution in [0.3, 0.4) is 0 Å². The average molecular weight is 272 g/mol. The lowest BCUT2D eigenvalue weighted by Crippen LogP contribution is -1.82. The fourth-order valence-corrected chi connectivity index (χ4v) is 2.48. The summed E-state index contributed by atoms with van der Waals surface area (Å²) in [5.74, 6) is 0. The third kappa shape index (κ3) is 9.83. The molecule has 0 saturated heterocycles. The van der Waals surface area contributed by atoms with E-state index in [1.54, 1.807) is 0 Å². The molecule has 1 aliphatic carbocycles. The molecule has 0 atom stereocenters. The molecule has 0 aromatic heterocycles. The van der Waals surface area contributed by atoms with Gasteiger partial charge >= 0.3 is 0 Å². The molecule has 0 N–H and O–H groups in total. The van der Waals surface area contributed by atoms with Crippen molar-refractivity contribution in [3.63, 3.8) is 0 Å². The fraction of sp³-hybridized carbons (Fsp3) is 0.600. The molecule has 20 heavy (non-hydrogen) atoms. The summed E-state index contributed by atoms with van der Waals surface area (Å²) in [5.41, 5.74) is 1.52. The van der Waals surface area contributed by atoms with E-state index in [1.807, 2.05) is 0 Å². The third-order valence-corrected chi connectivity index (χ3v) is 3.75. The number of hydrogen-bond acceptors (Lipinski definition) is 0. The highest BCUT2D eigenvalue weighted by Gasteiger charge is 1.93. The normalized spacial score (nSPS) is 16.6. The summed E-state index contributed by atoms with van der Waals surface area (Å²) in [6.45, 7) is 2.27. The van der Waals surface area contributed by atoms with Crippen molar-refractivity contribution in [2.45, 2.75) is 77.6 Å². The molecule has 0 nitrogen and oxygen atoms in total. The first-order valence-electron chi connectivity index (χ1n) is 8.59. The predicted molar refractivity (Wildman–Crippen MR) is 92.0 cm³/mol. The van der Waals surface area contributed by atoms with Gasteiger partial charge in [-0.05, 0) is 44.9 Å². The van der Waals surface area contributed by atoms with Crippen molar-refractivity contribution >= 4 is 0 Å². The van der Waals surface area contributed by atoms with Gasteiger partial charge < -0.3 is 0 Å². The molecule has 0 amide bonds. The standard InChI is InChI=1S/C20H32/c1-2-3-4-5-6-7-8-9-11-14-17-20-18-15-12-10-13-16-19-20/h8-10,12,14,17,19H,2-7,11,13,15-16,18H2,1H3. The second kappa shape index (κ2) is 13.0. The van der Waals surface area contributed by atoms with E-state index in [1.165, 1.54) is 69.8 Å². The molecule has 0 heteroatoms. The van der Waals surface area contributed by atoms with Gasteiger partial charge in [0.25, 0.3) is 0 Å². The quantitative estimate of drug-likeness (QED) is 0.316. The van der Waals surface area contributed by atoms with Crippen molar-refractivity contribution in [1.29, 1.82) is 0 Å². The highest BCUT2D eigenvalue weighted by molar-refractivity contribution is 5.20. The summed E-state index contributed by atoms with van der Waals surface area (Å²) in [6, 6.07) is 0. The van der Waals surface area contributed by atoms with Gasteiger partial charge in [-0.3, -0.25) is 0 Å². The Morgan fingerprint density at radius 1 is 0.900 bits per heavy atom. The highest BCUT2D eigenvalue weighted by Crippen LogP contribution is 2.13. The minimum atomic E-state index is 1.09. The summed E-state index contributed by atoms with van der Waals surface area (Å²) < 4.78 is 0. The van der Waals surface area contributed by atoms with Crippen molar-refractivity contribution in [2.75, 3.05) is 0 Å². The predicted octanol–water partition coefficient (Wildman–Crippen LogP) is 6.91. The minimum Gasteiger partial charge on any atom is -0.0882 e. The summed E-state index contributed by atoms with van der Waals surface area (Å²) in [7, 11) is 0. The SMILES string of the molecule is CCCCCCCC=CCC=CC1=CCCC=CCC1. The Morgan fingerprint density at radius 3 is 2.65 bits per heavy atom. The second-order valence-corrected chi connectivity index (χ2v) is 5.68. The first-order valence-corrected chi connectivity index (χ1v) is 8.59. The first-order chi connectivity index (χ1) is 9.93. The van der Waals surface area contributed by atoms with Crippen molar-refractivity contribution in [2.24, 2.45) is 0 Å². The van der Waals surface area contributed by atoms with Crippen LogP contribution >= 0.6 is 0 Å². The van der Waals surface area contributed by atoms with Crippen LogP contribution in [0.5, 0.6) is 0 Å². The molecule has 0 unspecified atom stereocenters. The Labute approximate surface area is 126 Å². The van der Waals surface area contributed by atoms with Crippen molar-refractivity contribution in [3.05, 3.63) is 48.1 Å². The van der Waals surface area contributed by atoms with Gasteiger partial charge in [0.15, 0.2) is 0 Å². The van der Waals surface area contributed by atoms with Gasteiger partial charge in [-0.1, -0.05) is 80.7 Å². The van der Waals surface area contributed by atoms with Crippen LogP contribution in [0.25, 0.3) is 0 Å². The van der Waals surface area contributed by atoms with E-state index in [4.69, 9.17) is 0 Å². The molecule has 0 spiro atoms. The molecule has 1 aliphatic rings. The van der Waals surface area contributed by atoms with E-state index in [2.05, 4.69) is 49.5 Å². The molecule has 0 radical (unpaired) electrons. The molecule has 0 fully saturated rings. The maximum absolute atomic E-state index is 2.40. The minimum absolute atomic E-state index is 1.09. The van der Waals surface area contributed by atoms with E-state index >= 15 is 0 Å². The number of rotatable bonds is 9. The van der Waals surface area contributed by atoms with Gasteiger partial charge in [0, 0.05) is 0 Å².